The number of benzene rings is 1. The second kappa shape index (κ2) is 7.45. The van der Waals surface area contributed by atoms with Gasteiger partial charge in [0.2, 0.25) is 0 Å². The number of aliphatic hydroxyl groups is 1. The van der Waals surface area contributed by atoms with Crippen LogP contribution in [0.15, 0.2) is 30.7 Å². The molecule has 1 amide bonds. The molecule has 0 saturated heterocycles. The minimum atomic E-state index is -0.355. The third-order valence-electron chi connectivity index (χ3n) is 5.40. The highest BCUT2D eigenvalue weighted by molar-refractivity contribution is 5.97. The van der Waals surface area contributed by atoms with Gasteiger partial charge in [0.05, 0.1) is 18.2 Å². The van der Waals surface area contributed by atoms with Crippen LogP contribution in [0.1, 0.15) is 49.9 Å². The van der Waals surface area contributed by atoms with Gasteiger partial charge in [-0.3, -0.25) is 4.79 Å². The second-order valence-corrected chi connectivity index (χ2v) is 7.05. The first-order valence-corrected chi connectivity index (χ1v) is 8.95. The lowest BCUT2D eigenvalue weighted by Gasteiger charge is -2.43. The summed E-state index contributed by atoms with van der Waals surface area (Å²) in [5.41, 5.74) is 0.926. The molecule has 3 N–H and O–H groups in total. The molecule has 3 rings (SSSR count). The van der Waals surface area contributed by atoms with Crippen LogP contribution >= 0.6 is 0 Å². The molecule has 1 fully saturated rings. The Morgan fingerprint density at radius 1 is 1.44 bits per heavy atom. The fourth-order valence-electron chi connectivity index (χ4n) is 3.23. The smallest absolute Gasteiger partial charge is 0.251 e. The lowest BCUT2D eigenvalue weighted by atomic mass is 9.84. The van der Waals surface area contributed by atoms with E-state index in [4.69, 9.17) is 0 Å². The Kier molecular flexibility index (Phi) is 5.30. The van der Waals surface area contributed by atoms with Crippen molar-refractivity contribution in [2.24, 2.45) is 0 Å². The van der Waals surface area contributed by atoms with E-state index in [1.165, 1.54) is 12.7 Å². The van der Waals surface area contributed by atoms with Gasteiger partial charge in [0.1, 0.15) is 6.33 Å². The number of nitrogens with zero attached hydrogens (tertiary/aromatic N) is 2. The van der Waals surface area contributed by atoms with Crippen LogP contribution in [0, 0.1) is 0 Å². The quantitative estimate of drug-likeness (QED) is 0.717. The van der Waals surface area contributed by atoms with Gasteiger partial charge in [-0.25, -0.2) is 9.97 Å². The predicted molar refractivity (Wildman–Crippen MR) is 97.3 cm³/mol. The number of hydrogen-bond donors (Lipinski definition) is 3. The van der Waals surface area contributed by atoms with Gasteiger partial charge in [0.25, 0.3) is 5.91 Å². The lowest BCUT2D eigenvalue weighted by Crippen LogP contribution is -2.63. The van der Waals surface area contributed by atoms with Crippen molar-refractivity contribution < 1.29 is 9.90 Å². The van der Waals surface area contributed by atoms with Gasteiger partial charge in [-0.05, 0) is 38.3 Å². The maximum absolute atomic E-state index is 12.7. The third-order valence-corrected chi connectivity index (χ3v) is 5.40. The van der Waals surface area contributed by atoms with E-state index in [1.807, 2.05) is 6.07 Å². The Morgan fingerprint density at radius 2 is 2.24 bits per heavy atom. The molecule has 0 aliphatic heterocycles. The van der Waals surface area contributed by atoms with Gasteiger partial charge in [0, 0.05) is 28.7 Å². The average Bonchev–Trinajstić information content (AvgIpc) is 2.61. The number of nitrogens with one attached hydrogen (secondary N) is 2. The maximum Gasteiger partial charge on any atom is 0.251 e. The first-order chi connectivity index (χ1) is 12.1. The fraction of sp³-hybridized carbons (Fsp3) is 0.526. The molecular weight excluding hydrogens is 316 g/mol. The van der Waals surface area contributed by atoms with Gasteiger partial charge in [-0.1, -0.05) is 19.4 Å². The number of hydrogen-bond acceptors (Lipinski definition) is 5. The highest BCUT2D eigenvalue weighted by Gasteiger charge is 2.36. The Balaban J connectivity index is 1.75. The lowest BCUT2D eigenvalue weighted by molar-refractivity contribution is 0.0819. The Labute approximate surface area is 148 Å². The van der Waals surface area contributed by atoms with Crippen LogP contribution < -0.4 is 10.6 Å². The molecule has 134 valence electrons. The largest absolute Gasteiger partial charge is 0.394 e. The molecule has 1 aromatic heterocycles. The van der Waals surface area contributed by atoms with Crippen LogP contribution in [0.2, 0.25) is 0 Å². The molecule has 6 nitrogen and oxygen atoms in total. The van der Waals surface area contributed by atoms with Crippen molar-refractivity contribution >= 4 is 16.8 Å². The van der Waals surface area contributed by atoms with Crippen LogP contribution in [0.3, 0.4) is 0 Å². The van der Waals surface area contributed by atoms with Crippen molar-refractivity contribution in [3.05, 3.63) is 36.3 Å². The second-order valence-electron chi connectivity index (χ2n) is 7.05. The fourth-order valence-corrected chi connectivity index (χ4v) is 3.23. The third kappa shape index (κ3) is 3.80. The monoisotopic (exact) mass is 342 g/mol. The topological polar surface area (TPSA) is 87.1 Å². The molecule has 2 aromatic rings. The highest BCUT2D eigenvalue weighted by Crippen LogP contribution is 2.25. The number of carbonyl (C=O) groups excluding carboxylic acids is 1. The summed E-state index contributed by atoms with van der Waals surface area (Å²) in [7, 11) is 0. The van der Waals surface area contributed by atoms with Crippen molar-refractivity contribution in [1.82, 2.24) is 20.6 Å². The van der Waals surface area contributed by atoms with Gasteiger partial charge < -0.3 is 15.7 Å². The summed E-state index contributed by atoms with van der Waals surface area (Å²) in [6.45, 7) is 4.04. The molecule has 1 saturated carbocycles. The Hall–Kier alpha value is -2.05. The van der Waals surface area contributed by atoms with Crippen LogP contribution in [0.25, 0.3) is 10.9 Å². The van der Waals surface area contributed by atoms with E-state index >= 15 is 0 Å². The summed E-state index contributed by atoms with van der Waals surface area (Å²) in [5.74, 6) is -0.199. The van der Waals surface area contributed by atoms with Crippen LogP contribution in [0.4, 0.5) is 0 Å². The number of aliphatic hydroxyl groups excluding tert-OH is 1. The van der Waals surface area contributed by atoms with E-state index in [-0.39, 0.29) is 24.1 Å². The number of carbonyl (C=O) groups is 1. The van der Waals surface area contributed by atoms with Crippen LogP contribution in [-0.2, 0) is 0 Å². The van der Waals surface area contributed by atoms with Crippen molar-refractivity contribution in [2.45, 2.75) is 57.2 Å². The standard InChI is InChI=1S/C19H26N4O2/c1-3-19(2,23-15-5-4-6-15)17(11-24)22-18(25)13-7-8-14-10-20-12-21-16(14)9-13/h7-10,12,15,17,23-24H,3-6,11H2,1-2H3,(H,22,25)/t17-,19+/m1/s1. The Bertz CT molecular complexity index is 747. The first-order valence-electron chi connectivity index (χ1n) is 8.95. The SMILES string of the molecule is CC[C@](C)(NC1CCC1)[C@@H](CO)NC(=O)c1ccc2cncnc2c1. The van der Waals surface area contributed by atoms with E-state index < -0.39 is 0 Å². The first kappa shape index (κ1) is 17.8. The zero-order valence-corrected chi connectivity index (χ0v) is 14.8. The Morgan fingerprint density at radius 3 is 2.88 bits per heavy atom. The molecular formula is C19H26N4O2. The average molecular weight is 342 g/mol. The molecule has 0 spiro atoms. The molecule has 2 atom stereocenters. The van der Waals surface area contributed by atoms with Crippen molar-refractivity contribution in [3.8, 4) is 0 Å². The van der Waals surface area contributed by atoms with E-state index in [0.29, 0.717) is 11.6 Å². The summed E-state index contributed by atoms with van der Waals surface area (Å²) in [6, 6.07) is 5.48. The van der Waals surface area contributed by atoms with Crippen LogP contribution in [0.5, 0.6) is 0 Å². The van der Waals surface area contributed by atoms with Gasteiger partial charge >= 0.3 is 0 Å². The van der Waals surface area contributed by atoms with E-state index in [0.717, 1.165) is 30.2 Å². The molecule has 1 aromatic carbocycles. The zero-order chi connectivity index (χ0) is 17.9. The highest BCUT2D eigenvalue weighted by atomic mass is 16.3. The summed E-state index contributed by atoms with van der Waals surface area (Å²) >= 11 is 0. The molecule has 1 heterocycles. The molecule has 1 aliphatic rings. The summed E-state index contributed by atoms with van der Waals surface area (Å²) < 4.78 is 0. The van der Waals surface area contributed by atoms with Gasteiger partial charge in [0.15, 0.2) is 0 Å². The summed E-state index contributed by atoms with van der Waals surface area (Å²) in [4.78, 5) is 20.9. The molecule has 1 aliphatic carbocycles. The number of fused-ring (bicyclic) bond motifs is 1. The molecule has 0 bridgehead atoms. The van der Waals surface area contributed by atoms with Gasteiger partial charge in [-0.2, -0.15) is 0 Å². The summed E-state index contributed by atoms with van der Waals surface area (Å²) in [5, 5.41) is 17.4. The van der Waals surface area contributed by atoms with Crippen LogP contribution in [-0.4, -0.2) is 45.2 Å². The van der Waals surface area contributed by atoms with Crippen molar-refractivity contribution in [2.75, 3.05) is 6.61 Å². The zero-order valence-electron chi connectivity index (χ0n) is 14.8. The summed E-state index contributed by atoms with van der Waals surface area (Å²) in [6.07, 6.45) is 7.57. The minimum Gasteiger partial charge on any atom is -0.394 e. The van der Waals surface area contributed by atoms with Gasteiger partial charge in [-0.15, -0.1) is 0 Å². The van der Waals surface area contributed by atoms with E-state index in [1.54, 1.807) is 18.3 Å². The molecule has 0 unspecified atom stereocenters. The van der Waals surface area contributed by atoms with E-state index in [2.05, 4.69) is 34.4 Å². The maximum atomic E-state index is 12.7. The molecule has 0 radical (unpaired) electrons. The molecule has 6 heteroatoms. The predicted octanol–water partition coefficient (Wildman–Crippen LogP) is 2.03. The minimum absolute atomic E-state index is 0.106. The van der Waals surface area contributed by atoms with E-state index in [9.17, 15) is 9.90 Å². The molecule has 25 heavy (non-hydrogen) atoms. The number of rotatable bonds is 7. The normalized spacial score (nSPS) is 18.4. The number of aromatic nitrogens is 2. The number of amides is 1. The van der Waals surface area contributed by atoms with Crippen molar-refractivity contribution in [3.63, 3.8) is 0 Å². The van der Waals surface area contributed by atoms with Crippen molar-refractivity contribution in [1.29, 1.82) is 0 Å².